The summed E-state index contributed by atoms with van der Waals surface area (Å²) in [6.45, 7) is 3.65. The van der Waals surface area contributed by atoms with Crippen LogP contribution in [0.25, 0.3) is 0 Å². The molecule has 1 unspecified atom stereocenters. The Kier molecular flexibility index (Phi) is 12.9. The number of nitrogens with two attached hydrogens (primary N) is 2. The first-order valence-electron chi connectivity index (χ1n) is 6.88. The number of hydrogen-bond donors (Lipinski definition) is 2. The number of unbranched alkanes of at least 4 members (excludes halogenated alkanes) is 7. The highest BCUT2D eigenvalue weighted by Gasteiger charge is 1.99. The summed E-state index contributed by atoms with van der Waals surface area (Å²) in [5, 5.41) is 0. The van der Waals surface area contributed by atoms with Gasteiger partial charge in [-0.3, -0.25) is 0 Å². The van der Waals surface area contributed by atoms with E-state index in [1.165, 1.54) is 44.9 Å². The SMILES string of the molecule is CCCCCCCCCCOC(N)CCN. The van der Waals surface area contributed by atoms with Gasteiger partial charge in [-0.2, -0.15) is 0 Å². The van der Waals surface area contributed by atoms with E-state index < -0.39 is 0 Å². The molecule has 0 aromatic carbocycles. The van der Waals surface area contributed by atoms with E-state index >= 15 is 0 Å². The molecule has 3 heteroatoms. The zero-order chi connectivity index (χ0) is 12.1. The molecular weight excluding hydrogens is 200 g/mol. The minimum absolute atomic E-state index is 0.158. The van der Waals surface area contributed by atoms with E-state index in [0.717, 1.165) is 19.4 Å². The van der Waals surface area contributed by atoms with Crippen molar-refractivity contribution in [1.29, 1.82) is 0 Å². The second-order valence-electron chi connectivity index (χ2n) is 4.46. The fourth-order valence-corrected chi connectivity index (χ4v) is 1.72. The van der Waals surface area contributed by atoms with Crippen molar-refractivity contribution in [3.05, 3.63) is 0 Å². The molecular formula is C13H30N2O. The summed E-state index contributed by atoms with van der Waals surface area (Å²) in [5.74, 6) is 0. The molecule has 0 aliphatic rings. The molecule has 0 aliphatic heterocycles. The maximum Gasteiger partial charge on any atom is 0.106 e. The normalized spacial score (nSPS) is 12.9. The van der Waals surface area contributed by atoms with E-state index in [4.69, 9.17) is 16.2 Å². The van der Waals surface area contributed by atoms with Crippen LogP contribution in [0.5, 0.6) is 0 Å². The Hall–Kier alpha value is -0.120. The van der Waals surface area contributed by atoms with Gasteiger partial charge in [0.15, 0.2) is 0 Å². The quantitative estimate of drug-likeness (QED) is 0.400. The molecule has 0 radical (unpaired) electrons. The van der Waals surface area contributed by atoms with E-state index in [-0.39, 0.29) is 6.23 Å². The van der Waals surface area contributed by atoms with Crippen molar-refractivity contribution in [1.82, 2.24) is 0 Å². The summed E-state index contributed by atoms with van der Waals surface area (Å²) in [4.78, 5) is 0. The predicted octanol–water partition coefficient (Wildman–Crippen LogP) is 2.78. The van der Waals surface area contributed by atoms with Crippen molar-refractivity contribution < 1.29 is 4.74 Å². The second kappa shape index (κ2) is 12.9. The Bertz CT molecular complexity index is 131. The largest absolute Gasteiger partial charge is 0.364 e. The summed E-state index contributed by atoms with van der Waals surface area (Å²) in [5.41, 5.74) is 11.1. The maximum absolute atomic E-state index is 5.68. The summed E-state index contributed by atoms with van der Waals surface area (Å²) in [7, 11) is 0. The first-order valence-corrected chi connectivity index (χ1v) is 6.88. The van der Waals surface area contributed by atoms with E-state index in [1.807, 2.05) is 0 Å². The molecule has 0 heterocycles. The van der Waals surface area contributed by atoms with Crippen molar-refractivity contribution in [2.75, 3.05) is 13.2 Å². The molecule has 0 bridgehead atoms. The first kappa shape index (κ1) is 15.9. The highest BCUT2D eigenvalue weighted by molar-refractivity contribution is 4.50. The summed E-state index contributed by atoms with van der Waals surface area (Å²) in [6, 6.07) is 0. The molecule has 16 heavy (non-hydrogen) atoms. The molecule has 0 rings (SSSR count). The van der Waals surface area contributed by atoms with Crippen LogP contribution in [0.3, 0.4) is 0 Å². The average molecular weight is 230 g/mol. The highest BCUT2D eigenvalue weighted by atomic mass is 16.5. The summed E-state index contributed by atoms with van der Waals surface area (Å²) >= 11 is 0. The van der Waals surface area contributed by atoms with Crippen LogP contribution in [-0.2, 0) is 4.74 Å². The first-order chi connectivity index (χ1) is 7.81. The van der Waals surface area contributed by atoms with Crippen molar-refractivity contribution >= 4 is 0 Å². The molecule has 3 nitrogen and oxygen atoms in total. The lowest BCUT2D eigenvalue weighted by Gasteiger charge is -2.11. The van der Waals surface area contributed by atoms with Crippen LogP contribution in [0.15, 0.2) is 0 Å². The Morgan fingerprint density at radius 3 is 2.06 bits per heavy atom. The van der Waals surface area contributed by atoms with E-state index in [1.54, 1.807) is 0 Å². The lowest BCUT2D eigenvalue weighted by molar-refractivity contribution is 0.0509. The van der Waals surface area contributed by atoms with Gasteiger partial charge >= 0.3 is 0 Å². The third kappa shape index (κ3) is 12.0. The van der Waals surface area contributed by atoms with Crippen LogP contribution in [0.1, 0.15) is 64.7 Å². The highest BCUT2D eigenvalue weighted by Crippen LogP contribution is 2.08. The zero-order valence-electron chi connectivity index (χ0n) is 10.9. The van der Waals surface area contributed by atoms with Crippen LogP contribution in [-0.4, -0.2) is 19.4 Å². The smallest absolute Gasteiger partial charge is 0.106 e. The lowest BCUT2D eigenvalue weighted by Crippen LogP contribution is -2.27. The van der Waals surface area contributed by atoms with Gasteiger partial charge in [0, 0.05) is 6.61 Å². The summed E-state index contributed by atoms with van der Waals surface area (Å²) < 4.78 is 5.43. The Labute approximate surface area is 101 Å². The standard InChI is InChI=1S/C13H30N2O/c1-2-3-4-5-6-7-8-9-12-16-13(15)10-11-14/h13H,2-12,14-15H2,1H3. The molecule has 1 atom stereocenters. The summed E-state index contributed by atoms with van der Waals surface area (Å²) in [6.07, 6.45) is 11.2. The molecule has 0 saturated carbocycles. The molecule has 0 fully saturated rings. The fraction of sp³-hybridized carbons (Fsp3) is 1.00. The van der Waals surface area contributed by atoms with Crippen molar-refractivity contribution in [3.63, 3.8) is 0 Å². The fourth-order valence-electron chi connectivity index (χ4n) is 1.72. The zero-order valence-corrected chi connectivity index (χ0v) is 10.9. The molecule has 4 N–H and O–H groups in total. The molecule has 0 spiro atoms. The monoisotopic (exact) mass is 230 g/mol. The molecule has 0 amide bonds. The predicted molar refractivity (Wildman–Crippen MR) is 70.2 cm³/mol. The maximum atomic E-state index is 5.68. The minimum atomic E-state index is -0.158. The number of rotatable bonds is 12. The Balaban J connectivity index is 2.98. The molecule has 0 aromatic rings. The third-order valence-corrected chi connectivity index (χ3v) is 2.78. The number of ether oxygens (including phenoxy) is 1. The van der Waals surface area contributed by atoms with Gasteiger partial charge < -0.3 is 16.2 Å². The van der Waals surface area contributed by atoms with Crippen LogP contribution in [0.2, 0.25) is 0 Å². The topological polar surface area (TPSA) is 61.3 Å². The van der Waals surface area contributed by atoms with Crippen molar-refractivity contribution in [2.45, 2.75) is 70.9 Å². The van der Waals surface area contributed by atoms with Gasteiger partial charge in [0.05, 0.1) is 0 Å². The molecule has 0 saturated heterocycles. The number of hydrogen-bond acceptors (Lipinski definition) is 3. The van der Waals surface area contributed by atoms with Gasteiger partial charge in [0.25, 0.3) is 0 Å². The van der Waals surface area contributed by atoms with Gasteiger partial charge in [-0.1, -0.05) is 51.9 Å². The van der Waals surface area contributed by atoms with Gasteiger partial charge in [0.2, 0.25) is 0 Å². The van der Waals surface area contributed by atoms with Crippen LogP contribution in [0, 0.1) is 0 Å². The van der Waals surface area contributed by atoms with Crippen LogP contribution < -0.4 is 11.5 Å². The molecule has 0 aliphatic carbocycles. The van der Waals surface area contributed by atoms with Gasteiger partial charge in [0.1, 0.15) is 6.23 Å². The third-order valence-electron chi connectivity index (χ3n) is 2.78. The van der Waals surface area contributed by atoms with E-state index in [2.05, 4.69) is 6.92 Å². The van der Waals surface area contributed by atoms with Crippen molar-refractivity contribution in [3.8, 4) is 0 Å². The van der Waals surface area contributed by atoms with E-state index in [9.17, 15) is 0 Å². The van der Waals surface area contributed by atoms with Crippen LogP contribution in [0.4, 0.5) is 0 Å². The Morgan fingerprint density at radius 1 is 0.938 bits per heavy atom. The van der Waals surface area contributed by atoms with Crippen LogP contribution >= 0.6 is 0 Å². The van der Waals surface area contributed by atoms with Gasteiger partial charge in [-0.25, -0.2) is 0 Å². The average Bonchev–Trinajstić information content (AvgIpc) is 2.27. The van der Waals surface area contributed by atoms with Gasteiger partial charge in [-0.05, 0) is 19.4 Å². The molecule has 0 aromatic heterocycles. The second-order valence-corrected chi connectivity index (χ2v) is 4.46. The minimum Gasteiger partial charge on any atom is -0.364 e. The molecule has 98 valence electrons. The lowest BCUT2D eigenvalue weighted by atomic mass is 10.1. The van der Waals surface area contributed by atoms with Gasteiger partial charge in [-0.15, -0.1) is 0 Å². The Morgan fingerprint density at radius 2 is 1.50 bits per heavy atom. The van der Waals surface area contributed by atoms with E-state index in [0.29, 0.717) is 6.54 Å². The van der Waals surface area contributed by atoms with Crippen molar-refractivity contribution in [2.24, 2.45) is 11.5 Å².